The molecular weight excluding hydrogens is 204 g/mol. The summed E-state index contributed by atoms with van der Waals surface area (Å²) in [6.07, 6.45) is 2.88. The summed E-state index contributed by atoms with van der Waals surface area (Å²) in [5, 5.41) is 10.0. The molecule has 1 unspecified atom stereocenters. The summed E-state index contributed by atoms with van der Waals surface area (Å²) < 4.78 is 1.84. The van der Waals surface area contributed by atoms with Crippen LogP contribution in [0.2, 0.25) is 0 Å². The zero-order chi connectivity index (χ0) is 11.7. The molecule has 1 atom stereocenters. The van der Waals surface area contributed by atoms with E-state index in [4.69, 9.17) is 0 Å². The molecular formula is C12H18N2O2. The maximum absolute atomic E-state index is 12.2. The second-order valence-electron chi connectivity index (χ2n) is 4.32. The van der Waals surface area contributed by atoms with Crippen LogP contribution in [0.4, 0.5) is 0 Å². The first kappa shape index (κ1) is 11.2. The Bertz CT molecular complexity index is 398. The van der Waals surface area contributed by atoms with Crippen molar-refractivity contribution in [3.05, 3.63) is 23.5 Å². The number of carbonyl (C=O) groups is 1. The monoisotopic (exact) mass is 222 g/mol. The van der Waals surface area contributed by atoms with Gasteiger partial charge in [0.1, 0.15) is 0 Å². The number of aromatic nitrogens is 1. The van der Waals surface area contributed by atoms with Crippen molar-refractivity contribution in [3.63, 3.8) is 0 Å². The summed E-state index contributed by atoms with van der Waals surface area (Å²) in [6, 6.07) is 1.80. The first-order chi connectivity index (χ1) is 7.65. The van der Waals surface area contributed by atoms with Crippen LogP contribution in [-0.4, -0.2) is 33.6 Å². The number of fused-ring (bicyclic) bond motifs is 1. The average Bonchev–Trinajstić information content (AvgIpc) is 2.59. The highest BCUT2D eigenvalue weighted by atomic mass is 16.3. The molecule has 0 spiro atoms. The molecule has 88 valence electrons. The van der Waals surface area contributed by atoms with E-state index in [1.54, 1.807) is 6.07 Å². The predicted molar refractivity (Wildman–Crippen MR) is 61.2 cm³/mol. The third kappa shape index (κ3) is 1.73. The molecule has 1 aliphatic rings. The van der Waals surface area contributed by atoms with E-state index in [2.05, 4.69) is 6.92 Å². The minimum atomic E-state index is -0.527. The van der Waals surface area contributed by atoms with E-state index in [0.29, 0.717) is 18.5 Å². The molecule has 0 aliphatic carbocycles. The second-order valence-corrected chi connectivity index (χ2v) is 4.32. The van der Waals surface area contributed by atoms with Crippen molar-refractivity contribution < 1.29 is 9.90 Å². The Morgan fingerprint density at radius 2 is 2.31 bits per heavy atom. The lowest BCUT2D eigenvalue weighted by Gasteiger charge is -2.19. The van der Waals surface area contributed by atoms with Gasteiger partial charge in [0, 0.05) is 26.3 Å². The van der Waals surface area contributed by atoms with Crippen molar-refractivity contribution in [2.24, 2.45) is 7.05 Å². The fourth-order valence-corrected chi connectivity index (χ4v) is 2.31. The van der Waals surface area contributed by atoms with Crippen LogP contribution >= 0.6 is 0 Å². The summed E-state index contributed by atoms with van der Waals surface area (Å²) in [7, 11) is 1.87. The van der Waals surface area contributed by atoms with E-state index < -0.39 is 6.10 Å². The van der Waals surface area contributed by atoms with E-state index in [-0.39, 0.29) is 5.91 Å². The predicted octanol–water partition coefficient (Wildman–Crippen LogP) is 1.31. The average molecular weight is 222 g/mol. The largest absolute Gasteiger partial charge is 0.387 e. The summed E-state index contributed by atoms with van der Waals surface area (Å²) in [5.74, 6) is 0.0500. The molecule has 0 saturated carbocycles. The molecule has 2 rings (SSSR count). The van der Waals surface area contributed by atoms with Gasteiger partial charge in [0.2, 0.25) is 0 Å². The zero-order valence-electron chi connectivity index (χ0n) is 9.81. The van der Waals surface area contributed by atoms with Gasteiger partial charge in [0.15, 0.2) is 0 Å². The Kier molecular flexibility index (Phi) is 3.01. The van der Waals surface area contributed by atoms with Gasteiger partial charge in [-0.15, -0.1) is 0 Å². The van der Waals surface area contributed by atoms with E-state index in [9.17, 15) is 9.90 Å². The summed E-state index contributed by atoms with van der Waals surface area (Å²) >= 11 is 0. The quantitative estimate of drug-likeness (QED) is 0.820. The minimum absolute atomic E-state index is 0.0500. The van der Waals surface area contributed by atoms with Gasteiger partial charge < -0.3 is 14.6 Å². The number of nitrogens with zero attached hydrogens (tertiary/aromatic N) is 2. The van der Waals surface area contributed by atoms with Crippen LogP contribution in [0.25, 0.3) is 0 Å². The van der Waals surface area contributed by atoms with Crippen molar-refractivity contribution in [2.45, 2.75) is 25.9 Å². The molecule has 1 N–H and O–H groups in total. The summed E-state index contributed by atoms with van der Waals surface area (Å²) in [6.45, 7) is 3.46. The lowest BCUT2D eigenvalue weighted by Crippen LogP contribution is -2.31. The third-order valence-electron chi connectivity index (χ3n) is 3.12. The number of hydrogen-bond acceptors (Lipinski definition) is 2. The highest BCUT2D eigenvalue weighted by Gasteiger charge is 2.28. The second kappa shape index (κ2) is 4.29. The van der Waals surface area contributed by atoms with Crippen molar-refractivity contribution >= 4 is 5.91 Å². The SMILES string of the molecule is CCCN1CCC(O)c2c(ccn2C)C1=O. The van der Waals surface area contributed by atoms with Gasteiger partial charge in [-0.05, 0) is 18.9 Å². The van der Waals surface area contributed by atoms with Crippen LogP contribution in [0.1, 0.15) is 41.9 Å². The molecule has 4 heteroatoms. The molecule has 0 radical (unpaired) electrons. The molecule has 16 heavy (non-hydrogen) atoms. The fraction of sp³-hybridized carbons (Fsp3) is 0.583. The van der Waals surface area contributed by atoms with Crippen molar-refractivity contribution in [3.8, 4) is 0 Å². The van der Waals surface area contributed by atoms with Gasteiger partial charge in [-0.2, -0.15) is 0 Å². The Morgan fingerprint density at radius 1 is 1.56 bits per heavy atom. The molecule has 0 aromatic carbocycles. The molecule has 0 bridgehead atoms. The first-order valence-corrected chi connectivity index (χ1v) is 5.77. The highest BCUT2D eigenvalue weighted by molar-refractivity contribution is 5.96. The Labute approximate surface area is 95.5 Å². The van der Waals surface area contributed by atoms with Crippen molar-refractivity contribution in [1.82, 2.24) is 9.47 Å². The fourth-order valence-electron chi connectivity index (χ4n) is 2.31. The third-order valence-corrected chi connectivity index (χ3v) is 3.12. The highest BCUT2D eigenvalue weighted by Crippen LogP contribution is 2.26. The number of carbonyl (C=O) groups excluding carboxylic acids is 1. The van der Waals surface area contributed by atoms with E-state index >= 15 is 0 Å². The van der Waals surface area contributed by atoms with Crippen molar-refractivity contribution in [1.29, 1.82) is 0 Å². The van der Waals surface area contributed by atoms with Gasteiger partial charge in [-0.25, -0.2) is 0 Å². The van der Waals surface area contributed by atoms with Crippen LogP contribution in [0.3, 0.4) is 0 Å². The maximum atomic E-state index is 12.2. The Morgan fingerprint density at radius 3 is 3.00 bits per heavy atom. The van der Waals surface area contributed by atoms with E-state index in [1.807, 2.05) is 22.7 Å². The van der Waals surface area contributed by atoms with Gasteiger partial charge in [-0.1, -0.05) is 6.92 Å². The number of hydrogen-bond donors (Lipinski definition) is 1. The molecule has 1 aromatic rings. The van der Waals surface area contributed by atoms with Crippen LogP contribution in [-0.2, 0) is 7.05 Å². The van der Waals surface area contributed by atoms with Crippen molar-refractivity contribution in [2.75, 3.05) is 13.1 Å². The zero-order valence-corrected chi connectivity index (χ0v) is 9.81. The number of aliphatic hydroxyl groups excluding tert-OH is 1. The van der Waals surface area contributed by atoms with Gasteiger partial charge >= 0.3 is 0 Å². The Hall–Kier alpha value is -1.29. The number of amides is 1. The van der Waals surface area contributed by atoms with Crippen LogP contribution in [0.5, 0.6) is 0 Å². The normalized spacial score (nSPS) is 20.8. The van der Waals surface area contributed by atoms with Gasteiger partial charge in [0.05, 0.1) is 17.4 Å². The smallest absolute Gasteiger partial charge is 0.255 e. The lowest BCUT2D eigenvalue weighted by atomic mass is 10.1. The lowest BCUT2D eigenvalue weighted by molar-refractivity contribution is 0.0747. The summed E-state index contributed by atoms with van der Waals surface area (Å²) in [4.78, 5) is 14.0. The summed E-state index contributed by atoms with van der Waals surface area (Å²) in [5.41, 5.74) is 1.41. The molecule has 0 fully saturated rings. The molecule has 1 aromatic heterocycles. The first-order valence-electron chi connectivity index (χ1n) is 5.77. The number of aliphatic hydroxyl groups is 1. The molecule has 1 amide bonds. The van der Waals surface area contributed by atoms with Crippen LogP contribution < -0.4 is 0 Å². The van der Waals surface area contributed by atoms with Gasteiger partial charge in [-0.3, -0.25) is 4.79 Å². The van der Waals surface area contributed by atoms with E-state index in [1.165, 1.54) is 0 Å². The number of aryl methyl sites for hydroxylation is 1. The standard InChI is InChI=1S/C12H18N2O2/c1-3-6-14-8-5-10(15)11-9(12(14)16)4-7-13(11)2/h4,7,10,15H,3,5-6,8H2,1-2H3. The topological polar surface area (TPSA) is 45.5 Å². The van der Waals surface area contributed by atoms with Crippen LogP contribution in [0.15, 0.2) is 12.3 Å². The minimum Gasteiger partial charge on any atom is -0.387 e. The van der Waals surface area contributed by atoms with E-state index in [0.717, 1.165) is 18.7 Å². The number of rotatable bonds is 2. The molecule has 1 aliphatic heterocycles. The molecule has 2 heterocycles. The maximum Gasteiger partial charge on any atom is 0.255 e. The Balaban J connectivity index is 2.38. The van der Waals surface area contributed by atoms with Crippen LogP contribution in [0, 0.1) is 0 Å². The molecule has 0 saturated heterocycles. The van der Waals surface area contributed by atoms with Gasteiger partial charge in [0.25, 0.3) is 5.91 Å². The molecule has 4 nitrogen and oxygen atoms in total.